The fraction of sp³-hybridized carbons (Fsp3) is 1.00. The van der Waals surface area contributed by atoms with Gasteiger partial charge in [0, 0.05) is 25.4 Å². The van der Waals surface area contributed by atoms with Crippen molar-refractivity contribution in [3.05, 3.63) is 0 Å². The second-order valence-corrected chi connectivity index (χ2v) is 6.84. The van der Waals surface area contributed by atoms with Crippen molar-refractivity contribution in [2.75, 3.05) is 19.4 Å². The van der Waals surface area contributed by atoms with Crippen molar-refractivity contribution in [3.8, 4) is 0 Å². The van der Waals surface area contributed by atoms with Crippen LogP contribution < -0.4 is 5.32 Å². The zero-order valence-electron chi connectivity index (χ0n) is 10.4. The van der Waals surface area contributed by atoms with Gasteiger partial charge in [-0.3, -0.25) is 0 Å². The van der Waals surface area contributed by atoms with Gasteiger partial charge < -0.3 is 10.1 Å². The first-order valence-electron chi connectivity index (χ1n) is 5.99. The van der Waals surface area contributed by atoms with Gasteiger partial charge in [0.25, 0.3) is 0 Å². The Hall–Kier alpha value is -0.130. The Morgan fingerprint density at radius 3 is 2.69 bits per heavy atom. The molecule has 3 unspecified atom stereocenters. The largest absolute Gasteiger partial charge is 0.377 e. The highest BCUT2D eigenvalue weighted by Crippen LogP contribution is 2.24. The van der Waals surface area contributed by atoms with Gasteiger partial charge in [-0.05, 0) is 26.7 Å². The molecule has 0 heterocycles. The Labute approximate surface area is 98.7 Å². The van der Waals surface area contributed by atoms with Crippen LogP contribution in [0.15, 0.2) is 0 Å². The zero-order chi connectivity index (χ0) is 12.2. The fourth-order valence-electron chi connectivity index (χ4n) is 2.33. The van der Waals surface area contributed by atoms with Gasteiger partial charge in [0.1, 0.15) is 0 Å². The number of hydrogen-bond donors (Lipinski definition) is 1. The topological polar surface area (TPSA) is 55.4 Å². The zero-order valence-corrected chi connectivity index (χ0v) is 11.2. The molecular formula is C11H23NO3S. The number of sulfone groups is 1. The van der Waals surface area contributed by atoms with Crippen molar-refractivity contribution in [2.45, 2.75) is 50.5 Å². The van der Waals surface area contributed by atoms with Crippen molar-refractivity contribution in [1.82, 2.24) is 5.32 Å². The van der Waals surface area contributed by atoms with E-state index in [-0.39, 0.29) is 17.4 Å². The van der Waals surface area contributed by atoms with Crippen LogP contribution in [-0.2, 0) is 14.6 Å². The summed E-state index contributed by atoms with van der Waals surface area (Å²) in [7, 11) is -2.92. The highest BCUT2D eigenvalue weighted by molar-refractivity contribution is 7.91. The average Bonchev–Trinajstić information content (AvgIpc) is 2.62. The van der Waals surface area contributed by atoms with E-state index in [1.165, 1.54) is 6.26 Å². The van der Waals surface area contributed by atoms with Gasteiger partial charge >= 0.3 is 0 Å². The maximum atomic E-state index is 11.5. The van der Waals surface area contributed by atoms with E-state index in [1.807, 2.05) is 13.8 Å². The number of nitrogens with one attached hydrogen (secondary N) is 1. The van der Waals surface area contributed by atoms with Crippen molar-refractivity contribution >= 4 is 9.84 Å². The van der Waals surface area contributed by atoms with Crippen LogP contribution in [-0.4, -0.2) is 45.2 Å². The predicted molar refractivity (Wildman–Crippen MR) is 65.4 cm³/mol. The molecule has 1 rings (SSSR count). The first-order chi connectivity index (χ1) is 7.45. The summed E-state index contributed by atoms with van der Waals surface area (Å²) in [5.74, 6) is 0. The van der Waals surface area contributed by atoms with Gasteiger partial charge in [-0.15, -0.1) is 0 Å². The van der Waals surface area contributed by atoms with Crippen LogP contribution in [0.4, 0.5) is 0 Å². The Morgan fingerprint density at radius 1 is 1.44 bits per heavy atom. The molecule has 0 spiro atoms. The molecule has 16 heavy (non-hydrogen) atoms. The van der Waals surface area contributed by atoms with E-state index < -0.39 is 9.84 Å². The number of ether oxygens (including phenoxy) is 1. The van der Waals surface area contributed by atoms with E-state index >= 15 is 0 Å². The van der Waals surface area contributed by atoms with Gasteiger partial charge in [0.15, 0.2) is 9.84 Å². The first-order valence-corrected chi connectivity index (χ1v) is 7.94. The maximum absolute atomic E-state index is 11.5. The molecule has 0 saturated heterocycles. The SMILES string of the molecule is CCOC(C)CNC1CCCC1S(C)(=O)=O. The summed E-state index contributed by atoms with van der Waals surface area (Å²) in [6.45, 7) is 5.39. The molecule has 1 aliphatic rings. The molecule has 96 valence electrons. The molecule has 0 aliphatic heterocycles. The van der Waals surface area contributed by atoms with Crippen LogP contribution in [0.1, 0.15) is 33.1 Å². The van der Waals surface area contributed by atoms with E-state index in [2.05, 4.69) is 5.32 Å². The van der Waals surface area contributed by atoms with Gasteiger partial charge in [0.05, 0.1) is 11.4 Å². The van der Waals surface area contributed by atoms with E-state index in [1.54, 1.807) is 0 Å². The Balaban J connectivity index is 2.42. The third-order valence-electron chi connectivity index (χ3n) is 3.12. The normalized spacial score (nSPS) is 28.2. The Bertz CT molecular complexity index is 302. The molecule has 3 atom stereocenters. The molecule has 4 nitrogen and oxygen atoms in total. The second-order valence-electron chi connectivity index (χ2n) is 4.58. The van der Waals surface area contributed by atoms with Gasteiger partial charge in [-0.1, -0.05) is 6.42 Å². The lowest BCUT2D eigenvalue weighted by Gasteiger charge is -2.21. The fourth-order valence-corrected chi connectivity index (χ4v) is 3.76. The van der Waals surface area contributed by atoms with Crippen molar-refractivity contribution in [3.63, 3.8) is 0 Å². The third-order valence-corrected chi connectivity index (χ3v) is 4.79. The quantitative estimate of drug-likeness (QED) is 0.762. The molecule has 0 aromatic carbocycles. The molecule has 0 radical (unpaired) electrons. The molecule has 1 aliphatic carbocycles. The second kappa shape index (κ2) is 5.98. The molecule has 1 saturated carbocycles. The molecule has 0 amide bonds. The monoisotopic (exact) mass is 249 g/mol. The minimum Gasteiger partial charge on any atom is -0.377 e. The molecular weight excluding hydrogens is 226 g/mol. The highest BCUT2D eigenvalue weighted by atomic mass is 32.2. The smallest absolute Gasteiger partial charge is 0.151 e. The lowest BCUT2D eigenvalue weighted by molar-refractivity contribution is 0.0741. The average molecular weight is 249 g/mol. The molecule has 5 heteroatoms. The molecule has 0 aromatic heterocycles. The van der Waals surface area contributed by atoms with Gasteiger partial charge in [-0.2, -0.15) is 0 Å². The number of rotatable bonds is 6. The lowest BCUT2D eigenvalue weighted by Crippen LogP contribution is -2.43. The summed E-state index contributed by atoms with van der Waals surface area (Å²) in [5.41, 5.74) is 0. The van der Waals surface area contributed by atoms with Crippen LogP contribution in [0.25, 0.3) is 0 Å². The van der Waals surface area contributed by atoms with Crippen molar-refractivity contribution < 1.29 is 13.2 Å². The van der Waals surface area contributed by atoms with Crippen LogP contribution >= 0.6 is 0 Å². The minimum absolute atomic E-state index is 0.109. The van der Waals surface area contributed by atoms with E-state index in [0.717, 1.165) is 25.8 Å². The summed E-state index contributed by atoms with van der Waals surface area (Å²) in [6.07, 6.45) is 4.23. The molecule has 1 fully saturated rings. The van der Waals surface area contributed by atoms with Gasteiger partial charge in [-0.25, -0.2) is 8.42 Å². The van der Waals surface area contributed by atoms with Crippen LogP contribution in [0.2, 0.25) is 0 Å². The molecule has 0 bridgehead atoms. The minimum atomic E-state index is -2.92. The predicted octanol–water partition coefficient (Wildman–Crippen LogP) is 0.967. The lowest BCUT2D eigenvalue weighted by atomic mass is 10.2. The van der Waals surface area contributed by atoms with E-state index in [0.29, 0.717) is 6.61 Å². The van der Waals surface area contributed by atoms with Crippen LogP contribution in [0.3, 0.4) is 0 Å². The third kappa shape index (κ3) is 4.03. The standard InChI is InChI=1S/C11H23NO3S/c1-4-15-9(2)8-12-10-6-5-7-11(10)16(3,13)14/h9-12H,4-8H2,1-3H3. The summed E-state index contributed by atoms with van der Waals surface area (Å²) in [6, 6.07) is 0.109. The number of hydrogen-bond acceptors (Lipinski definition) is 4. The Kier molecular flexibility index (Phi) is 5.21. The summed E-state index contributed by atoms with van der Waals surface area (Å²) in [5, 5.41) is 3.11. The van der Waals surface area contributed by atoms with Gasteiger partial charge in [0.2, 0.25) is 0 Å². The summed E-state index contributed by atoms with van der Waals surface area (Å²) < 4.78 is 28.5. The first kappa shape index (κ1) is 13.9. The van der Waals surface area contributed by atoms with Crippen LogP contribution in [0, 0.1) is 0 Å². The van der Waals surface area contributed by atoms with Crippen molar-refractivity contribution in [1.29, 1.82) is 0 Å². The molecule has 1 N–H and O–H groups in total. The summed E-state index contributed by atoms with van der Waals surface area (Å²) >= 11 is 0. The highest BCUT2D eigenvalue weighted by Gasteiger charge is 2.34. The van der Waals surface area contributed by atoms with E-state index in [9.17, 15) is 8.42 Å². The van der Waals surface area contributed by atoms with Crippen molar-refractivity contribution in [2.24, 2.45) is 0 Å². The van der Waals surface area contributed by atoms with Crippen LogP contribution in [0.5, 0.6) is 0 Å². The Morgan fingerprint density at radius 2 is 2.12 bits per heavy atom. The molecule has 0 aromatic rings. The van der Waals surface area contributed by atoms with E-state index in [4.69, 9.17) is 4.74 Å². The summed E-state index contributed by atoms with van der Waals surface area (Å²) in [4.78, 5) is 0. The maximum Gasteiger partial charge on any atom is 0.151 e.